The van der Waals surface area contributed by atoms with Crippen LogP contribution in [0.2, 0.25) is 0 Å². The van der Waals surface area contributed by atoms with Gasteiger partial charge in [-0.05, 0) is 38.1 Å². The maximum absolute atomic E-state index is 6.01. The highest BCUT2D eigenvalue weighted by molar-refractivity contribution is 5.77. The Bertz CT molecular complexity index is 665. The van der Waals surface area contributed by atoms with Crippen LogP contribution in [0.25, 0.3) is 5.69 Å². The first-order valence-corrected chi connectivity index (χ1v) is 8.50. The van der Waals surface area contributed by atoms with Crippen molar-refractivity contribution in [2.24, 2.45) is 10.7 Å². The fourth-order valence-corrected chi connectivity index (χ4v) is 3.15. The van der Waals surface area contributed by atoms with Gasteiger partial charge in [0.05, 0.1) is 0 Å². The first-order chi connectivity index (χ1) is 11.8. The third-order valence-corrected chi connectivity index (χ3v) is 4.47. The van der Waals surface area contributed by atoms with E-state index >= 15 is 0 Å². The second-order valence-corrected chi connectivity index (χ2v) is 5.96. The molecule has 1 atom stereocenters. The van der Waals surface area contributed by atoms with E-state index in [2.05, 4.69) is 32.3 Å². The summed E-state index contributed by atoms with van der Waals surface area (Å²) in [5.41, 5.74) is 7.02. The molecular weight excluding hydrogens is 302 g/mol. The van der Waals surface area contributed by atoms with Gasteiger partial charge in [-0.2, -0.15) is 0 Å². The van der Waals surface area contributed by atoms with Crippen LogP contribution in [0.4, 0.5) is 0 Å². The molecule has 24 heavy (non-hydrogen) atoms. The Morgan fingerprint density at radius 3 is 3.00 bits per heavy atom. The fraction of sp³-hybridized carbons (Fsp3) is 0.471. The highest BCUT2D eigenvalue weighted by Gasteiger charge is 2.22. The first kappa shape index (κ1) is 16.4. The Labute approximate surface area is 142 Å². The largest absolute Gasteiger partial charge is 0.370 e. The van der Waals surface area contributed by atoms with Gasteiger partial charge < -0.3 is 11.1 Å². The van der Waals surface area contributed by atoms with E-state index in [9.17, 15) is 0 Å². The summed E-state index contributed by atoms with van der Waals surface area (Å²) in [4.78, 5) is 6.88. The summed E-state index contributed by atoms with van der Waals surface area (Å²) < 4.78 is 1.92. The highest BCUT2D eigenvalue weighted by atomic mass is 15.3. The number of nitrogens with one attached hydrogen (secondary N) is 1. The molecular formula is C17H25N7. The lowest BCUT2D eigenvalue weighted by Crippen LogP contribution is -2.42. The summed E-state index contributed by atoms with van der Waals surface area (Å²) in [6.07, 6.45) is 4.18. The Kier molecular flexibility index (Phi) is 5.43. The van der Waals surface area contributed by atoms with E-state index in [0.717, 1.165) is 24.6 Å². The van der Waals surface area contributed by atoms with Crippen LogP contribution < -0.4 is 11.1 Å². The molecule has 0 bridgehead atoms. The number of aliphatic imine (C=N–C) groups is 1. The van der Waals surface area contributed by atoms with Gasteiger partial charge in [0.1, 0.15) is 12.9 Å². The molecule has 2 aromatic rings. The summed E-state index contributed by atoms with van der Waals surface area (Å²) in [6, 6.07) is 10.5. The third-order valence-electron chi connectivity index (χ3n) is 4.47. The van der Waals surface area contributed by atoms with E-state index in [4.69, 9.17) is 5.73 Å². The van der Waals surface area contributed by atoms with Crippen LogP contribution in [-0.2, 0) is 6.54 Å². The van der Waals surface area contributed by atoms with E-state index in [1.165, 1.54) is 19.4 Å². The molecule has 1 aromatic carbocycles. The highest BCUT2D eigenvalue weighted by Crippen LogP contribution is 2.15. The number of hydrogen-bond acceptors (Lipinski definition) is 4. The zero-order valence-corrected chi connectivity index (χ0v) is 14.1. The van der Waals surface area contributed by atoms with Crippen molar-refractivity contribution < 1.29 is 0 Å². The summed E-state index contributed by atoms with van der Waals surface area (Å²) in [5, 5.41) is 11.4. The lowest BCUT2D eigenvalue weighted by atomic mass is 10.2. The molecule has 3 N–H and O–H groups in total. The van der Waals surface area contributed by atoms with Gasteiger partial charge in [0.15, 0.2) is 11.8 Å². The van der Waals surface area contributed by atoms with Crippen molar-refractivity contribution in [3.8, 4) is 5.69 Å². The maximum atomic E-state index is 6.01. The summed E-state index contributed by atoms with van der Waals surface area (Å²) in [5.74, 6) is 1.22. The Morgan fingerprint density at radius 2 is 2.21 bits per heavy atom. The quantitative estimate of drug-likeness (QED) is 0.614. The Hall–Kier alpha value is -2.41. The Morgan fingerprint density at radius 1 is 1.38 bits per heavy atom. The second kappa shape index (κ2) is 7.92. The van der Waals surface area contributed by atoms with Crippen LogP contribution in [0.3, 0.4) is 0 Å². The van der Waals surface area contributed by atoms with E-state index in [0.29, 0.717) is 18.5 Å². The number of guanidine groups is 1. The summed E-state index contributed by atoms with van der Waals surface area (Å²) in [7, 11) is 0. The number of rotatable bonds is 6. The van der Waals surface area contributed by atoms with Crippen molar-refractivity contribution in [1.29, 1.82) is 0 Å². The predicted octanol–water partition coefficient (Wildman–Crippen LogP) is 1.16. The van der Waals surface area contributed by atoms with Crippen molar-refractivity contribution in [3.05, 3.63) is 42.5 Å². The van der Waals surface area contributed by atoms with Gasteiger partial charge in [0, 0.05) is 18.3 Å². The van der Waals surface area contributed by atoms with Crippen molar-refractivity contribution >= 4 is 5.96 Å². The standard InChI is InChI=1S/C17H25N7/c1-2-23-10-6-9-15(23)11-19-17(18)20-12-16-22-21-13-24(16)14-7-4-3-5-8-14/h3-5,7-8,13,15H,2,6,9-12H2,1H3,(H3,18,19,20). The molecule has 1 saturated heterocycles. The van der Waals surface area contributed by atoms with E-state index < -0.39 is 0 Å². The first-order valence-electron chi connectivity index (χ1n) is 8.50. The zero-order chi connectivity index (χ0) is 16.8. The fourth-order valence-electron chi connectivity index (χ4n) is 3.15. The number of nitrogens with zero attached hydrogens (tertiary/aromatic N) is 5. The van der Waals surface area contributed by atoms with E-state index in [1.807, 2.05) is 34.9 Å². The molecule has 1 fully saturated rings. The molecule has 3 rings (SSSR count). The topological polar surface area (TPSA) is 84.4 Å². The minimum Gasteiger partial charge on any atom is -0.370 e. The molecule has 1 aliphatic heterocycles. The molecule has 1 aliphatic rings. The average molecular weight is 327 g/mol. The van der Waals surface area contributed by atoms with Gasteiger partial charge in [0.25, 0.3) is 0 Å². The van der Waals surface area contributed by atoms with Crippen LogP contribution in [0.1, 0.15) is 25.6 Å². The molecule has 1 unspecified atom stereocenters. The molecule has 0 amide bonds. The maximum Gasteiger partial charge on any atom is 0.189 e. The number of hydrogen-bond donors (Lipinski definition) is 2. The van der Waals surface area contributed by atoms with Crippen LogP contribution in [0, 0.1) is 0 Å². The SMILES string of the molecule is CCN1CCCC1CNC(N)=NCc1nncn1-c1ccccc1. The smallest absolute Gasteiger partial charge is 0.189 e. The van der Waals surface area contributed by atoms with E-state index in [-0.39, 0.29) is 0 Å². The Balaban J connectivity index is 1.57. The van der Waals surface area contributed by atoms with Crippen LogP contribution in [0.15, 0.2) is 41.7 Å². The number of para-hydroxylation sites is 1. The lowest BCUT2D eigenvalue weighted by Gasteiger charge is -2.23. The molecule has 0 aliphatic carbocycles. The monoisotopic (exact) mass is 327 g/mol. The average Bonchev–Trinajstić information content (AvgIpc) is 3.27. The molecule has 128 valence electrons. The number of likely N-dealkylation sites (tertiary alicyclic amines) is 1. The van der Waals surface area contributed by atoms with Gasteiger partial charge in [-0.25, -0.2) is 4.99 Å². The molecule has 0 radical (unpaired) electrons. The van der Waals surface area contributed by atoms with Gasteiger partial charge in [-0.15, -0.1) is 10.2 Å². The molecule has 7 heteroatoms. The van der Waals surface area contributed by atoms with Crippen LogP contribution >= 0.6 is 0 Å². The second-order valence-electron chi connectivity index (χ2n) is 5.96. The third kappa shape index (κ3) is 3.91. The zero-order valence-electron chi connectivity index (χ0n) is 14.1. The van der Waals surface area contributed by atoms with Gasteiger partial charge in [-0.1, -0.05) is 25.1 Å². The minimum absolute atomic E-state index is 0.399. The number of likely N-dealkylation sites (N-methyl/N-ethyl adjacent to an activating group) is 1. The molecule has 2 heterocycles. The van der Waals surface area contributed by atoms with Crippen LogP contribution in [-0.4, -0.2) is 51.3 Å². The minimum atomic E-state index is 0.399. The lowest BCUT2D eigenvalue weighted by molar-refractivity contribution is 0.267. The number of aromatic nitrogens is 3. The van der Waals surface area contributed by atoms with Crippen molar-refractivity contribution in [1.82, 2.24) is 25.0 Å². The summed E-state index contributed by atoms with van der Waals surface area (Å²) in [6.45, 7) is 5.71. The van der Waals surface area contributed by atoms with Crippen molar-refractivity contribution in [2.75, 3.05) is 19.6 Å². The normalized spacial score (nSPS) is 18.9. The van der Waals surface area contributed by atoms with Crippen molar-refractivity contribution in [3.63, 3.8) is 0 Å². The molecule has 1 aromatic heterocycles. The van der Waals surface area contributed by atoms with Gasteiger partial charge >= 0.3 is 0 Å². The van der Waals surface area contributed by atoms with Crippen molar-refractivity contribution in [2.45, 2.75) is 32.4 Å². The number of benzene rings is 1. The van der Waals surface area contributed by atoms with Crippen LogP contribution in [0.5, 0.6) is 0 Å². The molecule has 7 nitrogen and oxygen atoms in total. The summed E-state index contributed by atoms with van der Waals surface area (Å²) >= 11 is 0. The molecule has 0 spiro atoms. The molecule has 0 saturated carbocycles. The van der Waals surface area contributed by atoms with Gasteiger partial charge in [0.2, 0.25) is 0 Å². The van der Waals surface area contributed by atoms with Gasteiger partial charge in [-0.3, -0.25) is 9.47 Å². The predicted molar refractivity (Wildman–Crippen MR) is 95.0 cm³/mol. The number of nitrogens with two attached hydrogens (primary N) is 1. The van der Waals surface area contributed by atoms with E-state index in [1.54, 1.807) is 6.33 Å².